The van der Waals surface area contributed by atoms with Crippen LogP contribution < -0.4 is 5.32 Å². The third-order valence-corrected chi connectivity index (χ3v) is 2.78. The summed E-state index contributed by atoms with van der Waals surface area (Å²) < 4.78 is 34.2. The highest BCUT2D eigenvalue weighted by Gasteiger charge is 2.01. The average molecular weight is 232 g/mol. The fourth-order valence-corrected chi connectivity index (χ4v) is 1.75. The first kappa shape index (κ1) is 11.9. The number of sulfone groups is 1. The van der Waals surface area contributed by atoms with Crippen molar-refractivity contribution in [3.63, 3.8) is 0 Å². The van der Waals surface area contributed by atoms with Gasteiger partial charge in [0.25, 0.3) is 0 Å². The molecule has 0 atom stereocenters. The average Bonchev–Trinajstić information content (AvgIpc) is 2.11. The van der Waals surface area contributed by atoms with Gasteiger partial charge in [-0.1, -0.05) is 0 Å². The number of hydrogen-bond donors (Lipinski definition) is 1. The number of anilines is 1. The summed E-state index contributed by atoms with van der Waals surface area (Å²) in [5.41, 5.74) is 0.607. The maximum absolute atomic E-state index is 12.6. The zero-order valence-corrected chi connectivity index (χ0v) is 9.22. The molecule has 0 fully saturated rings. The highest BCUT2D eigenvalue weighted by Crippen LogP contribution is 2.06. The smallest absolute Gasteiger partial charge is 0.214 e. The minimum Gasteiger partial charge on any atom is -0.385 e. The number of nitrogens with one attached hydrogen (secondary N) is 1. The van der Waals surface area contributed by atoms with Crippen LogP contribution in [0.4, 0.5) is 10.1 Å². The molecular weight excluding hydrogens is 219 g/mol. The molecule has 0 radical (unpaired) electrons. The van der Waals surface area contributed by atoms with Crippen LogP contribution in [0, 0.1) is 5.95 Å². The van der Waals surface area contributed by atoms with Gasteiger partial charge in [-0.3, -0.25) is 0 Å². The van der Waals surface area contributed by atoms with E-state index in [-0.39, 0.29) is 5.75 Å². The van der Waals surface area contributed by atoms with Crippen LogP contribution in [-0.2, 0) is 9.84 Å². The third kappa shape index (κ3) is 5.31. The fraction of sp³-hybridized carbons (Fsp3) is 0.444. The molecule has 1 N–H and O–H groups in total. The zero-order chi connectivity index (χ0) is 11.3. The van der Waals surface area contributed by atoms with Crippen molar-refractivity contribution in [2.45, 2.75) is 6.42 Å². The largest absolute Gasteiger partial charge is 0.385 e. The van der Waals surface area contributed by atoms with Crippen molar-refractivity contribution in [2.24, 2.45) is 0 Å². The van der Waals surface area contributed by atoms with Gasteiger partial charge in [0.05, 0.1) is 5.75 Å². The summed E-state index contributed by atoms with van der Waals surface area (Å²) in [6.45, 7) is 0.497. The maximum Gasteiger partial charge on any atom is 0.214 e. The Morgan fingerprint density at radius 1 is 1.53 bits per heavy atom. The Morgan fingerprint density at radius 3 is 2.87 bits per heavy atom. The lowest BCUT2D eigenvalue weighted by Gasteiger charge is -2.04. The van der Waals surface area contributed by atoms with E-state index in [1.807, 2.05) is 0 Å². The monoisotopic (exact) mass is 232 g/mol. The highest BCUT2D eigenvalue weighted by atomic mass is 32.2. The van der Waals surface area contributed by atoms with Gasteiger partial charge in [0.1, 0.15) is 9.84 Å². The van der Waals surface area contributed by atoms with Gasteiger partial charge in [-0.15, -0.1) is 0 Å². The van der Waals surface area contributed by atoms with Crippen molar-refractivity contribution in [3.8, 4) is 0 Å². The number of pyridine rings is 1. The molecule has 15 heavy (non-hydrogen) atoms. The number of nitrogens with zero attached hydrogens (tertiary/aromatic N) is 1. The third-order valence-electron chi connectivity index (χ3n) is 1.75. The van der Waals surface area contributed by atoms with E-state index in [4.69, 9.17) is 0 Å². The Hall–Kier alpha value is -1.17. The van der Waals surface area contributed by atoms with Gasteiger partial charge in [0.15, 0.2) is 0 Å². The summed E-state index contributed by atoms with van der Waals surface area (Å²) in [4.78, 5) is 3.40. The first-order valence-electron chi connectivity index (χ1n) is 4.50. The molecule has 1 heterocycles. The van der Waals surface area contributed by atoms with Crippen LogP contribution in [0.3, 0.4) is 0 Å². The lowest BCUT2D eigenvalue weighted by molar-refractivity contribution is 0.584. The topological polar surface area (TPSA) is 59.1 Å². The van der Waals surface area contributed by atoms with Crippen molar-refractivity contribution in [1.82, 2.24) is 4.98 Å². The van der Waals surface area contributed by atoms with Crippen LogP contribution in [-0.4, -0.2) is 32.0 Å². The molecule has 0 saturated carbocycles. The summed E-state index contributed by atoms with van der Waals surface area (Å²) in [6.07, 6.45) is 3.05. The van der Waals surface area contributed by atoms with Gasteiger partial charge in [0.2, 0.25) is 5.95 Å². The van der Waals surface area contributed by atoms with Gasteiger partial charge in [-0.2, -0.15) is 4.39 Å². The minimum atomic E-state index is -2.91. The van der Waals surface area contributed by atoms with E-state index in [0.29, 0.717) is 18.7 Å². The predicted octanol–water partition coefficient (Wildman–Crippen LogP) is 1.07. The van der Waals surface area contributed by atoms with Crippen LogP contribution >= 0.6 is 0 Å². The second kappa shape index (κ2) is 5.06. The molecule has 6 heteroatoms. The second-order valence-corrected chi connectivity index (χ2v) is 5.54. The number of aromatic nitrogens is 1. The summed E-state index contributed by atoms with van der Waals surface area (Å²) in [6, 6.07) is 2.89. The molecule has 4 nitrogen and oxygen atoms in total. The quantitative estimate of drug-likeness (QED) is 0.609. The zero-order valence-electron chi connectivity index (χ0n) is 8.40. The van der Waals surface area contributed by atoms with Crippen molar-refractivity contribution >= 4 is 15.5 Å². The first-order valence-corrected chi connectivity index (χ1v) is 6.56. The molecule has 1 rings (SSSR count). The Balaban J connectivity index is 2.32. The molecule has 0 aliphatic heterocycles. The first-order chi connectivity index (χ1) is 6.97. The summed E-state index contributed by atoms with van der Waals surface area (Å²) in [5, 5.41) is 2.91. The summed E-state index contributed by atoms with van der Waals surface area (Å²) >= 11 is 0. The maximum atomic E-state index is 12.6. The van der Waals surface area contributed by atoms with Crippen molar-refractivity contribution in [1.29, 1.82) is 0 Å². The highest BCUT2D eigenvalue weighted by molar-refractivity contribution is 7.90. The molecule has 1 aromatic rings. The molecule has 0 saturated heterocycles. The molecule has 0 amide bonds. The van der Waals surface area contributed by atoms with E-state index in [0.717, 1.165) is 0 Å². The van der Waals surface area contributed by atoms with E-state index in [1.54, 1.807) is 6.07 Å². The molecular formula is C9H13FN2O2S. The van der Waals surface area contributed by atoms with Crippen LogP contribution in [0.1, 0.15) is 6.42 Å². The number of rotatable bonds is 5. The van der Waals surface area contributed by atoms with Gasteiger partial charge >= 0.3 is 0 Å². The molecule has 0 aliphatic carbocycles. The molecule has 0 aromatic carbocycles. The Morgan fingerprint density at radius 2 is 2.27 bits per heavy atom. The molecule has 0 spiro atoms. The summed E-state index contributed by atoms with van der Waals surface area (Å²) in [7, 11) is -2.91. The van der Waals surface area contributed by atoms with Crippen LogP contribution in [0.25, 0.3) is 0 Å². The standard InChI is InChI=1S/C9H13FN2O2S/c1-15(13,14)6-2-4-11-8-3-5-12-9(10)7-8/h3,5,7H,2,4,6H2,1H3,(H,11,12). The van der Waals surface area contributed by atoms with Crippen LogP contribution in [0.5, 0.6) is 0 Å². The number of hydrogen-bond acceptors (Lipinski definition) is 4. The van der Waals surface area contributed by atoms with Gasteiger partial charge < -0.3 is 5.32 Å². The van der Waals surface area contributed by atoms with Gasteiger partial charge in [0, 0.05) is 30.8 Å². The van der Waals surface area contributed by atoms with Crippen molar-refractivity contribution in [2.75, 3.05) is 23.9 Å². The van der Waals surface area contributed by atoms with Crippen molar-refractivity contribution in [3.05, 3.63) is 24.3 Å². The molecule has 0 unspecified atom stereocenters. The van der Waals surface area contributed by atoms with E-state index in [1.165, 1.54) is 18.5 Å². The van der Waals surface area contributed by atoms with Gasteiger partial charge in [-0.25, -0.2) is 13.4 Å². The predicted molar refractivity (Wildman–Crippen MR) is 57.0 cm³/mol. The lowest BCUT2D eigenvalue weighted by Crippen LogP contribution is -2.09. The van der Waals surface area contributed by atoms with E-state index in [2.05, 4.69) is 10.3 Å². The SMILES string of the molecule is CS(=O)(=O)CCCNc1ccnc(F)c1. The van der Waals surface area contributed by atoms with E-state index >= 15 is 0 Å². The molecule has 84 valence electrons. The lowest BCUT2D eigenvalue weighted by atomic mass is 10.4. The summed E-state index contributed by atoms with van der Waals surface area (Å²) in [5.74, 6) is -0.420. The van der Waals surface area contributed by atoms with Gasteiger partial charge in [-0.05, 0) is 12.5 Å². The second-order valence-electron chi connectivity index (χ2n) is 3.28. The van der Waals surface area contributed by atoms with E-state index < -0.39 is 15.8 Å². The number of halogens is 1. The Bertz CT molecular complexity index is 420. The molecule has 0 aliphatic rings. The van der Waals surface area contributed by atoms with Crippen molar-refractivity contribution < 1.29 is 12.8 Å². The Labute approximate surface area is 88.5 Å². The minimum absolute atomic E-state index is 0.133. The normalized spacial score (nSPS) is 11.3. The Kier molecular flexibility index (Phi) is 4.02. The van der Waals surface area contributed by atoms with Crippen LogP contribution in [0.15, 0.2) is 18.3 Å². The fourth-order valence-electron chi connectivity index (χ4n) is 1.08. The van der Waals surface area contributed by atoms with Crippen LogP contribution in [0.2, 0.25) is 0 Å². The molecule has 0 bridgehead atoms. The van der Waals surface area contributed by atoms with E-state index in [9.17, 15) is 12.8 Å². The molecule has 1 aromatic heterocycles.